The van der Waals surface area contributed by atoms with E-state index in [9.17, 15) is 10.1 Å². The molecule has 0 atom stereocenters. The molecule has 0 N–H and O–H groups in total. The van der Waals surface area contributed by atoms with Gasteiger partial charge in [0.2, 0.25) is 0 Å². The van der Waals surface area contributed by atoms with E-state index in [1.165, 1.54) is 0 Å². The maximum absolute atomic E-state index is 13.2. The summed E-state index contributed by atoms with van der Waals surface area (Å²) < 4.78 is 3.28. The minimum Gasteiger partial charge on any atom is -0.336 e. The monoisotopic (exact) mass is 432 g/mol. The van der Waals surface area contributed by atoms with E-state index >= 15 is 0 Å². The van der Waals surface area contributed by atoms with Crippen molar-refractivity contribution >= 4 is 22.4 Å². The number of nitriles is 1. The van der Waals surface area contributed by atoms with Crippen LogP contribution in [0, 0.1) is 11.3 Å². The van der Waals surface area contributed by atoms with Gasteiger partial charge in [-0.2, -0.15) is 5.26 Å². The van der Waals surface area contributed by atoms with Gasteiger partial charge in [0.15, 0.2) is 0 Å². The summed E-state index contributed by atoms with van der Waals surface area (Å²) in [5.41, 5.74) is 4.62. The highest BCUT2D eigenvalue weighted by Crippen LogP contribution is 2.29. The summed E-state index contributed by atoms with van der Waals surface area (Å²) in [5.74, 6) is 0.574. The first-order chi connectivity index (χ1) is 16.2. The van der Waals surface area contributed by atoms with Crippen LogP contribution in [-0.2, 0) is 13.6 Å². The van der Waals surface area contributed by atoms with Crippen molar-refractivity contribution in [2.45, 2.75) is 6.54 Å². The average Bonchev–Trinajstić information content (AvgIpc) is 3.13. The van der Waals surface area contributed by atoms with Crippen molar-refractivity contribution in [3.05, 3.63) is 113 Å². The maximum Gasteiger partial charge on any atom is 0.334 e. The van der Waals surface area contributed by atoms with Crippen LogP contribution in [0.3, 0.4) is 0 Å². The number of para-hydroxylation sites is 2. The predicted molar refractivity (Wildman–Crippen MR) is 128 cm³/mol. The molecule has 0 aliphatic heterocycles. The summed E-state index contributed by atoms with van der Waals surface area (Å²) >= 11 is 0. The van der Waals surface area contributed by atoms with Crippen molar-refractivity contribution in [2.24, 2.45) is 7.05 Å². The lowest BCUT2D eigenvalue weighted by atomic mass is 10.1. The summed E-state index contributed by atoms with van der Waals surface area (Å²) in [6.07, 6.45) is 5.19. The summed E-state index contributed by atoms with van der Waals surface area (Å²) in [6.45, 7) is 0.430. The quantitative estimate of drug-likeness (QED) is 0.413. The van der Waals surface area contributed by atoms with Crippen molar-refractivity contribution < 1.29 is 0 Å². The first-order valence-corrected chi connectivity index (χ1v) is 10.5. The highest BCUT2D eigenvalue weighted by atomic mass is 16.1. The number of fused-ring (bicyclic) bond motifs is 1. The van der Waals surface area contributed by atoms with Gasteiger partial charge in [-0.25, -0.2) is 14.3 Å². The molecule has 0 saturated carbocycles. The van der Waals surface area contributed by atoms with Crippen molar-refractivity contribution in [3.8, 4) is 11.9 Å². The third-order valence-electron chi connectivity index (χ3n) is 5.61. The summed E-state index contributed by atoms with van der Waals surface area (Å²) in [7, 11) is 1.76. The lowest BCUT2D eigenvalue weighted by Gasteiger charge is -2.26. The Balaban J connectivity index is 1.67. The lowest BCUT2D eigenvalue weighted by molar-refractivity contribution is 0.821. The van der Waals surface area contributed by atoms with Gasteiger partial charge in [0.25, 0.3) is 0 Å². The molecule has 0 amide bonds. The zero-order valence-electron chi connectivity index (χ0n) is 18.0. The van der Waals surface area contributed by atoms with Crippen molar-refractivity contribution in [1.29, 1.82) is 5.26 Å². The summed E-state index contributed by atoms with van der Waals surface area (Å²) in [6, 6.07) is 25.0. The van der Waals surface area contributed by atoms with Crippen LogP contribution in [0.4, 0.5) is 11.4 Å². The Labute approximate surface area is 190 Å². The summed E-state index contributed by atoms with van der Waals surface area (Å²) in [5, 5.41) is 9.40. The number of aryl methyl sites for hydroxylation is 1. The molecule has 0 aliphatic carbocycles. The van der Waals surface area contributed by atoms with Crippen molar-refractivity contribution in [2.75, 3.05) is 4.90 Å². The number of nitrogens with zero attached hydrogens (tertiary/aromatic N) is 6. The fourth-order valence-corrected chi connectivity index (χ4v) is 4.01. The number of benzene rings is 2. The van der Waals surface area contributed by atoms with Crippen LogP contribution < -0.4 is 10.6 Å². The molecule has 5 aromatic rings. The van der Waals surface area contributed by atoms with Gasteiger partial charge in [-0.15, -0.1) is 0 Å². The molecule has 7 nitrogen and oxygen atoms in total. The SMILES string of the molecule is Cn1c(=O)n(-c2ncccc2CN(c2cccnc2)c2cccc(C#N)c2)c2ccccc21. The van der Waals surface area contributed by atoms with Crippen LogP contribution >= 0.6 is 0 Å². The highest BCUT2D eigenvalue weighted by Gasteiger charge is 2.19. The van der Waals surface area contributed by atoms with Gasteiger partial charge in [0.05, 0.1) is 41.1 Å². The fourth-order valence-electron chi connectivity index (χ4n) is 4.01. The van der Waals surface area contributed by atoms with E-state index < -0.39 is 0 Å². The molecule has 7 heteroatoms. The van der Waals surface area contributed by atoms with Crippen molar-refractivity contribution in [3.63, 3.8) is 0 Å². The highest BCUT2D eigenvalue weighted by molar-refractivity contribution is 5.78. The maximum atomic E-state index is 13.2. The molecule has 0 fully saturated rings. The molecule has 0 saturated heterocycles. The number of anilines is 2. The van der Waals surface area contributed by atoms with Crippen LogP contribution in [0.25, 0.3) is 16.9 Å². The first-order valence-electron chi connectivity index (χ1n) is 10.5. The number of imidazole rings is 1. The molecular weight excluding hydrogens is 412 g/mol. The molecule has 0 radical (unpaired) electrons. The van der Waals surface area contributed by atoms with E-state index in [2.05, 4.69) is 20.9 Å². The molecule has 160 valence electrons. The van der Waals surface area contributed by atoms with Gasteiger partial charge in [-0.05, 0) is 48.5 Å². The van der Waals surface area contributed by atoms with Gasteiger partial charge < -0.3 is 4.90 Å². The molecular formula is C26H20N6O. The van der Waals surface area contributed by atoms with Crippen LogP contribution in [0.5, 0.6) is 0 Å². The third-order valence-corrected chi connectivity index (χ3v) is 5.61. The first kappa shape index (κ1) is 20.2. The van der Waals surface area contributed by atoms with Crippen molar-refractivity contribution in [1.82, 2.24) is 19.1 Å². The number of aromatic nitrogens is 4. The van der Waals surface area contributed by atoms with E-state index in [0.717, 1.165) is 28.0 Å². The molecule has 0 spiro atoms. The molecule has 0 bridgehead atoms. The van der Waals surface area contributed by atoms with Gasteiger partial charge in [-0.1, -0.05) is 24.3 Å². The Morgan fingerprint density at radius 2 is 1.73 bits per heavy atom. The Kier molecular flexibility index (Phi) is 5.17. The predicted octanol–water partition coefficient (Wildman–Crippen LogP) is 4.33. The smallest absolute Gasteiger partial charge is 0.334 e. The average molecular weight is 432 g/mol. The largest absolute Gasteiger partial charge is 0.336 e. The van der Waals surface area contributed by atoms with E-state index in [1.807, 2.05) is 66.7 Å². The Bertz CT molecular complexity index is 1540. The zero-order chi connectivity index (χ0) is 22.8. The Morgan fingerprint density at radius 1 is 0.939 bits per heavy atom. The Morgan fingerprint density at radius 3 is 2.52 bits per heavy atom. The minimum absolute atomic E-state index is 0.157. The zero-order valence-corrected chi connectivity index (χ0v) is 18.0. The van der Waals surface area contributed by atoms with E-state index in [0.29, 0.717) is 17.9 Å². The minimum atomic E-state index is -0.157. The van der Waals surface area contributed by atoms with E-state index in [4.69, 9.17) is 0 Å². The summed E-state index contributed by atoms with van der Waals surface area (Å²) in [4.78, 5) is 24.1. The fraction of sp³-hybridized carbons (Fsp3) is 0.0769. The molecule has 0 aliphatic rings. The third kappa shape index (κ3) is 3.64. The number of hydrogen-bond acceptors (Lipinski definition) is 5. The molecule has 33 heavy (non-hydrogen) atoms. The lowest BCUT2D eigenvalue weighted by Crippen LogP contribution is -2.24. The van der Waals surface area contributed by atoms with Crippen LogP contribution in [0.15, 0.2) is 96.2 Å². The van der Waals surface area contributed by atoms with Gasteiger partial charge >= 0.3 is 5.69 Å². The molecule has 3 heterocycles. The second-order valence-electron chi connectivity index (χ2n) is 7.61. The van der Waals surface area contributed by atoms with Crippen LogP contribution in [-0.4, -0.2) is 19.1 Å². The second-order valence-corrected chi connectivity index (χ2v) is 7.61. The van der Waals surface area contributed by atoms with Gasteiger partial charge in [-0.3, -0.25) is 9.55 Å². The van der Waals surface area contributed by atoms with E-state index in [1.54, 1.807) is 40.8 Å². The second kappa shape index (κ2) is 8.44. The molecule has 5 rings (SSSR count). The molecule has 0 unspecified atom stereocenters. The van der Waals surface area contributed by atoms with Gasteiger partial charge in [0, 0.05) is 30.7 Å². The topological polar surface area (TPSA) is 79.7 Å². The van der Waals surface area contributed by atoms with Crippen LogP contribution in [0.1, 0.15) is 11.1 Å². The number of rotatable bonds is 5. The Hall–Kier alpha value is -4.70. The van der Waals surface area contributed by atoms with Crippen LogP contribution in [0.2, 0.25) is 0 Å². The standard InChI is InChI=1S/C26H20N6O/c1-30-23-11-2-3-12-24(23)32(26(30)33)25-20(8-5-14-29-25)18-31(22-10-6-13-28-17-22)21-9-4-7-19(15-21)16-27/h2-15,17H,18H2,1H3. The van der Waals surface area contributed by atoms with Gasteiger partial charge in [0.1, 0.15) is 5.82 Å². The molecule has 3 aromatic heterocycles. The number of pyridine rings is 2. The molecule has 2 aromatic carbocycles. The number of hydrogen-bond donors (Lipinski definition) is 0. The van der Waals surface area contributed by atoms with E-state index in [-0.39, 0.29) is 5.69 Å². The normalized spacial score (nSPS) is 10.8.